The number of rotatable bonds is 5. The van der Waals surface area contributed by atoms with Crippen LogP contribution in [0.25, 0.3) is 10.8 Å². The van der Waals surface area contributed by atoms with Gasteiger partial charge in [-0.2, -0.15) is 4.68 Å². The molecule has 0 spiro atoms. The second-order valence-corrected chi connectivity index (χ2v) is 6.00. The minimum absolute atomic E-state index is 0.153. The molecule has 0 aromatic carbocycles. The lowest BCUT2D eigenvalue weighted by Crippen LogP contribution is -2.29. The Kier molecular flexibility index (Phi) is 3.98. The number of amides is 1. The van der Waals surface area contributed by atoms with Crippen LogP contribution in [0.5, 0.6) is 0 Å². The summed E-state index contributed by atoms with van der Waals surface area (Å²) in [5, 5.41) is 10.6. The lowest BCUT2D eigenvalue weighted by atomic mass is 10.4. The van der Waals surface area contributed by atoms with E-state index in [1.54, 1.807) is 6.07 Å². The van der Waals surface area contributed by atoms with Crippen molar-refractivity contribution >= 4 is 28.6 Å². The minimum Gasteiger partial charge on any atom is -0.387 e. The largest absolute Gasteiger partial charge is 0.437 e. The van der Waals surface area contributed by atoms with Crippen LogP contribution in [0.1, 0.15) is 9.67 Å². The Morgan fingerprint density at radius 1 is 1.29 bits per heavy atom. The molecule has 21 heavy (non-hydrogen) atoms. The van der Waals surface area contributed by atoms with Gasteiger partial charge in [0.1, 0.15) is 0 Å². The monoisotopic (exact) mass is 321 g/mol. The van der Waals surface area contributed by atoms with Crippen molar-refractivity contribution in [2.75, 3.05) is 6.54 Å². The Morgan fingerprint density at radius 2 is 2.10 bits per heavy atom. The van der Waals surface area contributed by atoms with E-state index in [2.05, 4.69) is 10.4 Å². The van der Waals surface area contributed by atoms with Crippen LogP contribution in [0.15, 0.2) is 44.2 Å². The fraction of sp³-hybridized carbons (Fsp3) is 0.154. The fourth-order valence-corrected chi connectivity index (χ4v) is 3.00. The molecule has 0 aliphatic carbocycles. The smallest absolute Gasteiger partial charge is 0.387 e. The van der Waals surface area contributed by atoms with Crippen LogP contribution < -0.4 is 11.1 Å². The maximum absolute atomic E-state index is 11.7. The molecular formula is C13H11N3O3S2. The Bertz CT molecular complexity index is 772. The molecule has 0 atom stereocenters. The highest BCUT2D eigenvalue weighted by Crippen LogP contribution is 2.20. The molecular weight excluding hydrogens is 310 g/mol. The zero-order valence-corrected chi connectivity index (χ0v) is 12.4. The Balaban J connectivity index is 1.61. The number of thiophene rings is 2. The van der Waals surface area contributed by atoms with Crippen molar-refractivity contribution in [1.82, 2.24) is 15.1 Å². The summed E-state index contributed by atoms with van der Waals surface area (Å²) in [6.07, 6.45) is 0. The molecule has 1 amide bonds. The molecule has 3 aromatic rings. The molecule has 3 aromatic heterocycles. The zero-order valence-electron chi connectivity index (χ0n) is 10.8. The van der Waals surface area contributed by atoms with E-state index in [-0.39, 0.29) is 12.5 Å². The quantitative estimate of drug-likeness (QED) is 0.780. The molecule has 0 saturated carbocycles. The lowest BCUT2D eigenvalue weighted by molar-refractivity contribution is 0.0955. The van der Waals surface area contributed by atoms with Crippen molar-refractivity contribution < 1.29 is 9.21 Å². The van der Waals surface area contributed by atoms with Gasteiger partial charge < -0.3 is 9.73 Å². The van der Waals surface area contributed by atoms with Crippen molar-refractivity contribution in [2.45, 2.75) is 6.54 Å². The summed E-state index contributed by atoms with van der Waals surface area (Å²) < 4.78 is 6.30. The first-order valence-corrected chi connectivity index (χ1v) is 7.93. The number of aromatic nitrogens is 2. The molecule has 0 aliphatic heterocycles. The predicted molar refractivity (Wildman–Crippen MR) is 80.7 cm³/mol. The van der Waals surface area contributed by atoms with Crippen molar-refractivity contribution in [1.29, 1.82) is 0 Å². The summed E-state index contributed by atoms with van der Waals surface area (Å²) in [5.74, 6) is -0.372. The van der Waals surface area contributed by atoms with E-state index in [9.17, 15) is 9.59 Å². The van der Waals surface area contributed by atoms with Crippen molar-refractivity contribution in [3.63, 3.8) is 0 Å². The fourth-order valence-electron chi connectivity index (χ4n) is 1.72. The van der Waals surface area contributed by atoms with Gasteiger partial charge in [0.05, 0.1) is 16.3 Å². The van der Waals surface area contributed by atoms with Crippen LogP contribution >= 0.6 is 22.7 Å². The van der Waals surface area contributed by atoms with Gasteiger partial charge in [0, 0.05) is 6.54 Å². The summed E-state index contributed by atoms with van der Waals surface area (Å²) in [7, 11) is 0. The van der Waals surface area contributed by atoms with E-state index in [4.69, 9.17) is 4.42 Å². The first kappa shape index (κ1) is 13.8. The minimum atomic E-state index is -0.524. The normalized spacial score (nSPS) is 10.7. The molecule has 0 bridgehead atoms. The summed E-state index contributed by atoms with van der Waals surface area (Å²) in [6.45, 7) is 0.581. The lowest BCUT2D eigenvalue weighted by Gasteiger charge is -2.01. The van der Waals surface area contributed by atoms with Crippen LogP contribution in [0.2, 0.25) is 0 Å². The molecule has 8 heteroatoms. The summed E-state index contributed by atoms with van der Waals surface area (Å²) in [4.78, 5) is 24.9. The SMILES string of the molecule is O=C(NCCn1nc(-c2cccs2)oc1=O)c1cccs1. The maximum Gasteiger partial charge on any atom is 0.437 e. The van der Waals surface area contributed by atoms with E-state index >= 15 is 0 Å². The third kappa shape index (κ3) is 3.11. The Labute approximate surface area is 127 Å². The van der Waals surface area contributed by atoms with Gasteiger partial charge in [-0.15, -0.1) is 27.8 Å². The average molecular weight is 321 g/mol. The first-order valence-electron chi connectivity index (χ1n) is 6.17. The van der Waals surface area contributed by atoms with Gasteiger partial charge >= 0.3 is 5.76 Å². The van der Waals surface area contributed by atoms with E-state index in [0.717, 1.165) is 4.88 Å². The van der Waals surface area contributed by atoms with Gasteiger partial charge in [0.15, 0.2) is 0 Å². The van der Waals surface area contributed by atoms with E-state index < -0.39 is 5.76 Å². The zero-order chi connectivity index (χ0) is 14.7. The number of carbonyl (C=O) groups is 1. The number of nitrogens with zero attached hydrogens (tertiary/aromatic N) is 2. The molecule has 0 radical (unpaired) electrons. The molecule has 0 aliphatic rings. The van der Waals surface area contributed by atoms with Gasteiger partial charge in [-0.1, -0.05) is 12.1 Å². The van der Waals surface area contributed by atoms with Crippen molar-refractivity contribution in [3.05, 3.63) is 50.5 Å². The Morgan fingerprint density at radius 3 is 2.81 bits per heavy atom. The molecule has 0 unspecified atom stereocenters. The van der Waals surface area contributed by atoms with Crippen molar-refractivity contribution in [3.8, 4) is 10.8 Å². The molecule has 6 nitrogen and oxygen atoms in total. The molecule has 3 rings (SSSR count). The average Bonchev–Trinajstić information content (AvgIpc) is 3.20. The van der Waals surface area contributed by atoms with E-state index in [1.165, 1.54) is 27.4 Å². The number of nitrogens with one attached hydrogen (secondary N) is 1. The Hall–Kier alpha value is -2.19. The van der Waals surface area contributed by atoms with Gasteiger partial charge in [-0.25, -0.2) is 4.79 Å². The van der Waals surface area contributed by atoms with Crippen molar-refractivity contribution in [2.24, 2.45) is 0 Å². The first-order chi connectivity index (χ1) is 10.2. The number of hydrogen-bond donors (Lipinski definition) is 1. The highest BCUT2D eigenvalue weighted by Gasteiger charge is 2.11. The highest BCUT2D eigenvalue weighted by molar-refractivity contribution is 7.13. The second-order valence-electron chi connectivity index (χ2n) is 4.11. The summed E-state index contributed by atoms with van der Waals surface area (Å²) in [6, 6.07) is 7.26. The van der Waals surface area contributed by atoms with Gasteiger partial charge in [-0.3, -0.25) is 4.79 Å². The molecule has 108 valence electrons. The van der Waals surface area contributed by atoms with Crippen LogP contribution in [0, 0.1) is 0 Å². The van der Waals surface area contributed by atoms with E-state index in [0.29, 0.717) is 17.3 Å². The molecule has 0 saturated heterocycles. The predicted octanol–water partition coefficient (Wildman–Crippen LogP) is 2.06. The number of hydrogen-bond acceptors (Lipinski definition) is 6. The third-order valence-corrected chi connectivity index (χ3v) is 4.42. The molecule has 1 N–H and O–H groups in total. The third-order valence-electron chi connectivity index (χ3n) is 2.69. The van der Waals surface area contributed by atoms with Gasteiger partial charge in [0.2, 0.25) is 0 Å². The second kappa shape index (κ2) is 6.06. The van der Waals surface area contributed by atoms with Crippen LogP contribution in [-0.2, 0) is 6.54 Å². The van der Waals surface area contributed by atoms with Crippen LogP contribution in [0.3, 0.4) is 0 Å². The maximum atomic E-state index is 11.7. The van der Waals surface area contributed by atoms with Gasteiger partial charge in [0.25, 0.3) is 11.8 Å². The standard InChI is InChI=1S/C13H11N3O3S2/c17-11(9-3-1-7-20-9)14-5-6-16-13(18)19-12(15-16)10-4-2-8-21-10/h1-4,7-8H,5-6H2,(H,14,17). The number of carbonyl (C=O) groups excluding carboxylic acids is 1. The van der Waals surface area contributed by atoms with E-state index in [1.807, 2.05) is 29.0 Å². The summed E-state index contributed by atoms with van der Waals surface area (Å²) >= 11 is 2.82. The van der Waals surface area contributed by atoms with Crippen LogP contribution in [0.4, 0.5) is 0 Å². The van der Waals surface area contributed by atoms with Crippen LogP contribution in [-0.4, -0.2) is 22.2 Å². The van der Waals surface area contributed by atoms with Gasteiger partial charge in [-0.05, 0) is 22.9 Å². The topological polar surface area (TPSA) is 77.1 Å². The highest BCUT2D eigenvalue weighted by atomic mass is 32.1. The summed E-state index contributed by atoms with van der Waals surface area (Å²) in [5.41, 5.74) is 0. The molecule has 3 heterocycles. The molecule has 0 fully saturated rings.